The number of aryl methyl sites for hydroxylation is 1. The van der Waals surface area contributed by atoms with Gasteiger partial charge in [-0.3, -0.25) is 4.79 Å². The first-order valence-electron chi connectivity index (χ1n) is 7.32. The first kappa shape index (κ1) is 13.2. The molecule has 1 saturated carbocycles. The van der Waals surface area contributed by atoms with Gasteiger partial charge in [-0.15, -0.1) is 0 Å². The van der Waals surface area contributed by atoms with Crippen molar-refractivity contribution in [3.05, 3.63) is 41.7 Å². The van der Waals surface area contributed by atoms with Crippen LogP contribution in [0.4, 0.5) is 17.3 Å². The average molecular weight is 296 g/mol. The molecule has 6 nitrogen and oxygen atoms in total. The Hall–Kier alpha value is -2.47. The van der Waals surface area contributed by atoms with Crippen LogP contribution in [-0.4, -0.2) is 33.6 Å². The van der Waals surface area contributed by atoms with E-state index in [1.165, 1.54) is 0 Å². The Kier molecular flexibility index (Phi) is 2.87. The molecule has 1 fully saturated rings. The van der Waals surface area contributed by atoms with Gasteiger partial charge in [-0.25, -0.2) is 9.97 Å². The Morgan fingerprint density at radius 2 is 2.14 bits per heavy atom. The average Bonchev–Trinajstić information content (AvgIpc) is 3.31. The highest BCUT2D eigenvalue weighted by Crippen LogP contribution is 2.46. The van der Waals surface area contributed by atoms with Gasteiger partial charge in [0.25, 0.3) is 5.91 Å². The zero-order valence-electron chi connectivity index (χ0n) is 12.2. The normalized spacial score (nSPS) is 22.5. The molecule has 2 aromatic rings. The van der Waals surface area contributed by atoms with Gasteiger partial charge in [0.15, 0.2) is 5.82 Å². The summed E-state index contributed by atoms with van der Waals surface area (Å²) in [5.41, 5.74) is 2.20. The molecule has 6 heteroatoms. The molecule has 3 heterocycles. The maximum atomic E-state index is 12.5. The van der Waals surface area contributed by atoms with Gasteiger partial charge < -0.3 is 15.3 Å². The van der Waals surface area contributed by atoms with Crippen molar-refractivity contribution in [3.8, 4) is 0 Å². The largest absolute Gasteiger partial charge is 0.396 e. The van der Waals surface area contributed by atoms with Crippen LogP contribution in [0.5, 0.6) is 0 Å². The molecular weight excluding hydrogens is 280 g/mol. The van der Waals surface area contributed by atoms with Crippen LogP contribution in [0.1, 0.15) is 22.3 Å². The third-order valence-corrected chi connectivity index (χ3v) is 4.32. The van der Waals surface area contributed by atoms with Gasteiger partial charge in [-0.1, -0.05) is 0 Å². The molecule has 0 radical (unpaired) electrons. The molecule has 22 heavy (non-hydrogen) atoms. The summed E-state index contributed by atoms with van der Waals surface area (Å²) in [4.78, 5) is 23.4. The molecule has 112 valence electrons. The third-order valence-electron chi connectivity index (χ3n) is 4.32. The van der Waals surface area contributed by atoms with Crippen LogP contribution < -0.4 is 10.2 Å². The topological polar surface area (TPSA) is 78.4 Å². The number of aliphatic hydroxyl groups is 1. The molecule has 2 unspecified atom stereocenters. The second kappa shape index (κ2) is 4.78. The van der Waals surface area contributed by atoms with Gasteiger partial charge in [0, 0.05) is 31.0 Å². The van der Waals surface area contributed by atoms with Crippen molar-refractivity contribution in [1.82, 2.24) is 9.97 Å². The maximum absolute atomic E-state index is 12.5. The fraction of sp³-hybridized carbons (Fsp3) is 0.312. The number of aromatic nitrogens is 2. The van der Waals surface area contributed by atoms with E-state index in [4.69, 9.17) is 0 Å². The van der Waals surface area contributed by atoms with Crippen LogP contribution in [0, 0.1) is 12.8 Å². The minimum Gasteiger partial charge on any atom is -0.396 e. The number of aliphatic hydroxyl groups excluding tert-OH is 1. The van der Waals surface area contributed by atoms with Gasteiger partial charge in [0.1, 0.15) is 5.82 Å². The van der Waals surface area contributed by atoms with Crippen molar-refractivity contribution in [1.29, 1.82) is 0 Å². The summed E-state index contributed by atoms with van der Waals surface area (Å²) in [5.74, 6) is 1.33. The minimum atomic E-state index is -0.177. The summed E-state index contributed by atoms with van der Waals surface area (Å²) < 4.78 is 0. The minimum absolute atomic E-state index is 0.124. The number of carbonyl (C=O) groups is 1. The van der Waals surface area contributed by atoms with Gasteiger partial charge in [-0.2, -0.15) is 0 Å². The molecular formula is C16H16N4O2. The zero-order valence-corrected chi connectivity index (χ0v) is 12.2. The monoisotopic (exact) mass is 296 g/mol. The fourth-order valence-corrected chi connectivity index (χ4v) is 2.99. The van der Waals surface area contributed by atoms with E-state index < -0.39 is 0 Å². The molecule has 2 atom stereocenters. The lowest BCUT2D eigenvalue weighted by Crippen LogP contribution is -2.25. The Bertz CT molecular complexity index is 762. The highest BCUT2D eigenvalue weighted by molar-refractivity contribution is 6.11. The molecule has 1 amide bonds. The van der Waals surface area contributed by atoms with Crippen molar-refractivity contribution in [2.45, 2.75) is 19.4 Å². The van der Waals surface area contributed by atoms with Crippen molar-refractivity contribution < 1.29 is 9.90 Å². The highest BCUT2D eigenvalue weighted by atomic mass is 16.3. The van der Waals surface area contributed by atoms with E-state index in [0.29, 0.717) is 22.9 Å². The van der Waals surface area contributed by atoms with Crippen molar-refractivity contribution in [3.63, 3.8) is 0 Å². The summed E-state index contributed by atoms with van der Waals surface area (Å²) in [6.07, 6.45) is 4.28. The fourth-order valence-electron chi connectivity index (χ4n) is 2.99. The molecule has 0 saturated heterocycles. The number of amides is 1. The second-order valence-corrected chi connectivity index (χ2v) is 5.77. The summed E-state index contributed by atoms with van der Waals surface area (Å²) in [6, 6.07) is 5.52. The summed E-state index contributed by atoms with van der Waals surface area (Å²) in [5, 5.41) is 12.4. The molecule has 1 aliphatic heterocycles. The lowest BCUT2D eigenvalue weighted by molar-refractivity contribution is 0.102. The van der Waals surface area contributed by atoms with E-state index in [1.54, 1.807) is 24.5 Å². The first-order valence-corrected chi connectivity index (χ1v) is 7.32. The SMILES string of the molecule is Cc1ccnc2c1NC(=O)c1cccnc1N2C1CC1CO. The number of hydrogen-bond acceptors (Lipinski definition) is 5. The zero-order chi connectivity index (χ0) is 15.3. The number of pyridine rings is 2. The highest BCUT2D eigenvalue weighted by Gasteiger charge is 2.45. The van der Waals surface area contributed by atoms with Crippen molar-refractivity contribution in [2.75, 3.05) is 16.8 Å². The van der Waals surface area contributed by atoms with Gasteiger partial charge in [0.05, 0.1) is 11.3 Å². The van der Waals surface area contributed by atoms with Gasteiger partial charge in [-0.05, 0) is 37.1 Å². The predicted molar refractivity (Wildman–Crippen MR) is 82.3 cm³/mol. The van der Waals surface area contributed by atoms with Crippen LogP contribution in [0.2, 0.25) is 0 Å². The Labute approximate surface area is 127 Å². The van der Waals surface area contributed by atoms with Crippen LogP contribution in [0.15, 0.2) is 30.6 Å². The second-order valence-electron chi connectivity index (χ2n) is 5.77. The number of carbonyl (C=O) groups excluding carboxylic acids is 1. The van der Waals surface area contributed by atoms with E-state index >= 15 is 0 Å². The summed E-state index contributed by atoms with van der Waals surface area (Å²) in [7, 11) is 0. The van der Waals surface area contributed by atoms with Crippen LogP contribution in [0.25, 0.3) is 0 Å². The lowest BCUT2D eigenvalue weighted by Gasteiger charge is -2.24. The molecule has 1 aliphatic carbocycles. The molecule has 0 bridgehead atoms. The molecule has 0 spiro atoms. The van der Waals surface area contributed by atoms with E-state index in [-0.39, 0.29) is 24.5 Å². The van der Waals surface area contributed by atoms with Crippen molar-refractivity contribution in [2.24, 2.45) is 5.92 Å². The molecule has 2 N–H and O–H groups in total. The Balaban J connectivity index is 1.94. The van der Waals surface area contributed by atoms with Gasteiger partial charge >= 0.3 is 0 Å². The van der Waals surface area contributed by atoms with Crippen LogP contribution in [-0.2, 0) is 0 Å². The number of nitrogens with zero attached hydrogens (tertiary/aromatic N) is 3. The number of nitrogens with one attached hydrogen (secondary N) is 1. The van der Waals surface area contributed by atoms with E-state index in [9.17, 15) is 9.90 Å². The summed E-state index contributed by atoms with van der Waals surface area (Å²) >= 11 is 0. The molecule has 0 aromatic carbocycles. The summed E-state index contributed by atoms with van der Waals surface area (Å²) in [6.45, 7) is 2.07. The van der Waals surface area contributed by atoms with Crippen LogP contribution in [0.3, 0.4) is 0 Å². The van der Waals surface area contributed by atoms with Crippen molar-refractivity contribution >= 4 is 23.2 Å². The standard InChI is InChI=1S/C16H16N4O2/c1-9-4-6-18-15-13(9)19-16(22)11-3-2-5-17-14(11)20(15)12-7-10(12)8-21/h2-6,10,12,21H,7-8H2,1H3,(H,19,22). The molecule has 2 aliphatic rings. The lowest BCUT2D eigenvalue weighted by atomic mass is 10.2. The quantitative estimate of drug-likeness (QED) is 0.884. The van der Waals surface area contributed by atoms with Crippen LogP contribution >= 0.6 is 0 Å². The molecule has 2 aromatic heterocycles. The van der Waals surface area contributed by atoms with E-state index in [1.807, 2.05) is 17.9 Å². The third kappa shape index (κ3) is 1.88. The van der Waals surface area contributed by atoms with E-state index in [0.717, 1.165) is 12.0 Å². The maximum Gasteiger partial charge on any atom is 0.259 e. The number of fused-ring (bicyclic) bond motifs is 2. The number of rotatable bonds is 2. The Morgan fingerprint density at radius 1 is 1.32 bits per heavy atom. The number of hydrogen-bond donors (Lipinski definition) is 2. The van der Waals surface area contributed by atoms with Gasteiger partial charge in [0.2, 0.25) is 0 Å². The van der Waals surface area contributed by atoms with E-state index in [2.05, 4.69) is 15.3 Å². The Morgan fingerprint density at radius 3 is 2.91 bits per heavy atom. The molecule has 4 rings (SSSR count). The predicted octanol–water partition coefficient (Wildman–Crippen LogP) is 1.87. The first-order chi connectivity index (χ1) is 10.7. The smallest absolute Gasteiger partial charge is 0.259 e. The number of anilines is 3.